The molecule has 0 aromatic heterocycles. The van der Waals surface area contributed by atoms with Gasteiger partial charge in [-0.2, -0.15) is 0 Å². The second-order valence-corrected chi connectivity index (χ2v) is 3.86. The summed E-state index contributed by atoms with van der Waals surface area (Å²) in [6.45, 7) is 1.99. The summed E-state index contributed by atoms with van der Waals surface area (Å²) in [6, 6.07) is 4.19. The normalized spacial score (nSPS) is 11.4. The number of ether oxygens (including phenoxy) is 1. The van der Waals surface area contributed by atoms with Gasteiger partial charge < -0.3 is 15.2 Å². The fourth-order valence-corrected chi connectivity index (χ4v) is 1.55. The van der Waals surface area contributed by atoms with Gasteiger partial charge in [0.1, 0.15) is 11.5 Å². The van der Waals surface area contributed by atoms with Crippen molar-refractivity contribution in [2.24, 2.45) is 0 Å². The van der Waals surface area contributed by atoms with Gasteiger partial charge in [0.25, 0.3) is 5.91 Å². The van der Waals surface area contributed by atoms with Crippen LogP contribution in [0.2, 0.25) is 0 Å². The number of benzene rings is 1. The molecule has 1 unspecified atom stereocenters. The number of terminal acetylenes is 1. The minimum atomic E-state index is -0.383. The smallest absolute Gasteiger partial charge is 0.256 e. The molecule has 0 spiro atoms. The van der Waals surface area contributed by atoms with Crippen LogP contribution in [-0.2, 0) is 0 Å². The van der Waals surface area contributed by atoms with Crippen LogP contribution in [0.25, 0.3) is 0 Å². The molecule has 0 heterocycles. The number of methoxy groups -OCH3 is 1. The summed E-state index contributed by atoms with van der Waals surface area (Å²) in [5.74, 6) is 2.49. The lowest BCUT2D eigenvalue weighted by Crippen LogP contribution is -2.33. The minimum Gasteiger partial charge on any atom is -0.507 e. The monoisotopic (exact) mass is 247 g/mol. The number of nitrogens with one attached hydrogen (secondary N) is 1. The molecule has 0 radical (unpaired) electrons. The second kappa shape index (κ2) is 6.55. The molecule has 4 heteroatoms. The van der Waals surface area contributed by atoms with Crippen LogP contribution in [0, 0.1) is 12.3 Å². The van der Waals surface area contributed by atoms with Crippen molar-refractivity contribution in [3.8, 4) is 23.8 Å². The van der Waals surface area contributed by atoms with Gasteiger partial charge in [0, 0.05) is 6.07 Å². The van der Waals surface area contributed by atoms with E-state index in [9.17, 15) is 9.90 Å². The Morgan fingerprint density at radius 3 is 2.83 bits per heavy atom. The van der Waals surface area contributed by atoms with Crippen molar-refractivity contribution in [1.82, 2.24) is 5.32 Å². The number of phenols is 1. The topological polar surface area (TPSA) is 58.6 Å². The van der Waals surface area contributed by atoms with Crippen LogP contribution >= 0.6 is 0 Å². The molecule has 1 aromatic rings. The zero-order valence-electron chi connectivity index (χ0n) is 10.6. The van der Waals surface area contributed by atoms with Crippen LogP contribution in [0.3, 0.4) is 0 Å². The van der Waals surface area contributed by atoms with Gasteiger partial charge in [0.2, 0.25) is 0 Å². The van der Waals surface area contributed by atoms with Gasteiger partial charge in [0.05, 0.1) is 18.7 Å². The lowest BCUT2D eigenvalue weighted by Gasteiger charge is -2.13. The zero-order valence-corrected chi connectivity index (χ0v) is 10.6. The first-order chi connectivity index (χ1) is 8.62. The molecule has 18 heavy (non-hydrogen) atoms. The quantitative estimate of drug-likeness (QED) is 0.782. The van der Waals surface area contributed by atoms with E-state index < -0.39 is 0 Å². The molecular weight excluding hydrogens is 230 g/mol. The number of phenolic OH excluding ortho intramolecular Hbond substituents is 1. The molecule has 1 atom stereocenters. The summed E-state index contributed by atoms with van der Waals surface area (Å²) in [7, 11) is 1.49. The average molecular weight is 247 g/mol. The first kappa shape index (κ1) is 13.9. The van der Waals surface area contributed by atoms with Crippen LogP contribution in [0.4, 0.5) is 0 Å². The number of rotatable bonds is 5. The van der Waals surface area contributed by atoms with Crippen molar-refractivity contribution >= 4 is 5.91 Å². The Bertz CT molecular complexity index is 463. The molecule has 0 fully saturated rings. The molecule has 0 aliphatic carbocycles. The van der Waals surface area contributed by atoms with Gasteiger partial charge in [-0.1, -0.05) is 19.3 Å². The predicted molar refractivity (Wildman–Crippen MR) is 69.7 cm³/mol. The van der Waals surface area contributed by atoms with Crippen LogP contribution in [-0.4, -0.2) is 24.2 Å². The lowest BCUT2D eigenvalue weighted by molar-refractivity contribution is 0.0941. The maximum Gasteiger partial charge on any atom is 0.256 e. The highest BCUT2D eigenvalue weighted by molar-refractivity contribution is 5.97. The number of carbonyl (C=O) groups is 1. The maximum atomic E-state index is 11.9. The molecule has 0 bridgehead atoms. The van der Waals surface area contributed by atoms with Gasteiger partial charge in [0.15, 0.2) is 0 Å². The SMILES string of the molecule is C#CC(CCC)NC(=O)c1ccc(OC)cc1O. The van der Waals surface area contributed by atoms with E-state index in [0.29, 0.717) is 12.2 Å². The molecule has 0 aliphatic heterocycles. The summed E-state index contributed by atoms with van der Waals surface area (Å²) in [5.41, 5.74) is 0.187. The van der Waals surface area contributed by atoms with Gasteiger partial charge in [-0.3, -0.25) is 4.79 Å². The van der Waals surface area contributed by atoms with E-state index in [2.05, 4.69) is 11.2 Å². The number of aromatic hydroxyl groups is 1. The first-order valence-corrected chi connectivity index (χ1v) is 5.76. The molecule has 2 N–H and O–H groups in total. The molecule has 96 valence electrons. The third-order valence-electron chi connectivity index (χ3n) is 2.53. The van der Waals surface area contributed by atoms with E-state index in [1.165, 1.54) is 19.2 Å². The van der Waals surface area contributed by atoms with Crippen LogP contribution in [0.5, 0.6) is 11.5 Å². The average Bonchev–Trinajstić information content (AvgIpc) is 2.37. The third kappa shape index (κ3) is 3.42. The summed E-state index contributed by atoms with van der Waals surface area (Å²) < 4.78 is 4.95. The van der Waals surface area contributed by atoms with E-state index in [1.54, 1.807) is 6.07 Å². The number of carbonyl (C=O) groups excluding carboxylic acids is 1. The van der Waals surface area contributed by atoms with Gasteiger partial charge in [-0.25, -0.2) is 0 Å². The van der Waals surface area contributed by atoms with Gasteiger partial charge in [-0.05, 0) is 18.6 Å². The largest absolute Gasteiger partial charge is 0.507 e. The van der Waals surface area contributed by atoms with E-state index in [1.807, 2.05) is 6.92 Å². The Labute approximate surface area is 107 Å². The summed E-state index contributed by atoms with van der Waals surface area (Å²) >= 11 is 0. The standard InChI is InChI=1S/C14H17NO3/c1-4-6-10(5-2)15-14(17)12-8-7-11(18-3)9-13(12)16/h2,7-10,16H,4,6H2,1,3H3,(H,15,17). The van der Waals surface area contributed by atoms with E-state index in [0.717, 1.165) is 6.42 Å². The zero-order chi connectivity index (χ0) is 13.5. The maximum absolute atomic E-state index is 11.9. The minimum absolute atomic E-state index is 0.126. The van der Waals surface area contributed by atoms with Gasteiger partial charge in [-0.15, -0.1) is 6.42 Å². The van der Waals surface area contributed by atoms with Crippen LogP contribution in [0.15, 0.2) is 18.2 Å². The molecule has 0 saturated heterocycles. The highest BCUT2D eigenvalue weighted by Gasteiger charge is 2.14. The molecule has 1 aromatic carbocycles. The highest BCUT2D eigenvalue weighted by atomic mass is 16.5. The molecule has 1 amide bonds. The fraction of sp³-hybridized carbons (Fsp3) is 0.357. The molecule has 0 saturated carbocycles. The van der Waals surface area contributed by atoms with Crippen molar-refractivity contribution in [3.63, 3.8) is 0 Å². The van der Waals surface area contributed by atoms with Crippen LogP contribution < -0.4 is 10.1 Å². The van der Waals surface area contributed by atoms with Gasteiger partial charge >= 0.3 is 0 Å². The van der Waals surface area contributed by atoms with Crippen molar-refractivity contribution in [2.45, 2.75) is 25.8 Å². The van der Waals surface area contributed by atoms with E-state index in [4.69, 9.17) is 11.2 Å². The number of hydrogen-bond donors (Lipinski definition) is 2. The molecular formula is C14H17NO3. The second-order valence-electron chi connectivity index (χ2n) is 3.86. The summed E-state index contributed by atoms with van der Waals surface area (Å²) in [6.07, 6.45) is 6.91. The Balaban J connectivity index is 2.81. The Hall–Kier alpha value is -2.15. The Morgan fingerprint density at radius 1 is 1.61 bits per heavy atom. The summed E-state index contributed by atoms with van der Waals surface area (Å²) in [5, 5.41) is 12.4. The number of hydrogen-bond acceptors (Lipinski definition) is 3. The molecule has 1 rings (SSSR count). The highest BCUT2D eigenvalue weighted by Crippen LogP contribution is 2.23. The predicted octanol–water partition coefficient (Wildman–Crippen LogP) is 1.93. The van der Waals surface area contributed by atoms with E-state index >= 15 is 0 Å². The Morgan fingerprint density at radius 2 is 2.33 bits per heavy atom. The van der Waals surface area contributed by atoms with Crippen molar-refractivity contribution in [1.29, 1.82) is 0 Å². The van der Waals surface area contributed by atoms with Crippen molar-refractivity contribution in [3.05, 3.63) is 23.8 Å². The van der Waals surface area contributed by atoms with Crippen LogP contribution in [0.1, 0.15) is 30.1 Å². The van der Waals surface area contributed by atoms with Crippen molar-refractivity contribution < 1.29 is 14.6 Å². The number of amides is 1. The molecule has 4 nitrogen and oxygen atoms in total. The molecule has 0 aliphatic rings. The first-order valence-electron chi connectivity index (χ1n) is 5.76. The third-order valence-corrected chi connectivity index (χ3v) is 2.53. The Kier molecular flexibility index (Phi) is 5.06. The fourth-order valence-electron chi connectivity index (χ4n) is 1.55. The lowest BCUT2D eigenvalue weighted by atomic mass is 10.1. The van der Waals surface area contributed by atoms with E-state index in [-0.39, 0.29) is 23.3 Å². The summed E-state index contributed by atoms with van der Waals surface area (Å²) in [4.78, 5) is 11.9. The van der Waals surface area contributed by atoms with Crippen molar-refractivity contribution in [2.75, 3.05) is 7.11 Å².